The average molecular weight is 253 g/mol. The van der Waals surface area contributed by atoms with Crippen LogP contribution in [0.1, 0.15) is 52.2 Å². The van der Waals surface area contributed by atoms with Gasteiger partial charge in [-0.1, -0.05) is 36.4 Å². The SMILES string of the molecule is CC(=NC(C)(C)C)c1ccccc1C1=C(C)C=CC1. The molecule has 1 nitrogen and oxygen atoms in total. The monoisotopic (exact) mass is 253 g/mol. The molecule has 1 aliphatic carbocycles. The Labute approximate surface area is 116 Å². The van der Waals surface area contributed by atoms with E-state index in [4.69, 9.17) is 4.99 Å². The third kappa shape index (κ3) is 3.23. The predicted octanol–water partition coefficient (Wildman–Crippen LogP) is 5.03. The molecule has 0 aromatic heterocycles. The number of nitrogens with zero attached hydrogens (tertiary/aromatic N) is 1. The standard InChI is InChI=1S/C18H23N/c1-13-9-8-12-15(13)17-11-7-6-10-16(17)14(2)19-18(3,4)5/h6-11H,12H2,1-5H3. The summed E-state index contributed by atoms with van der Waals surface area (Å²) in [7, 11) is 0. The van der Waals surface area contributed by atoms with Crippen molar-refractivity contribution in [3.8, 4) is 0 Å². The Morgan fingerprint density at radius 3 is 2.42 bits per heavy atom. The van der Waals surface area contributed by atoms with Crippen molar-refractivity contribution in [2.75, 3.05) is 0 Å². The van der Waals surface area contributed by atoms with Crippen molar-refractivity contribution in [1.29, 1.82) is 0 Å². The summed E-state index contributed by atoms with van der Waals surface area (Å²) >= 11 is 0. The molecule has 0 saturated heterocycles. The lowest BCUT2D eigenvalue weighted by atomic mass is 9.94. The molecule has 1 aromatic carbocycles. The molecular weight excluding hydrogens is 230 g/mol. The second-order valence-corrected chi connectivity index (χ2v) is 6.18. The third-order valence-electron chi connectivity index (χ3n) is 3.31. The second kappa shape index (κ2) is 5.16. The molecule has 19 heavy (non-hydrogen) atoms. The molecule has 0 saturated carbocycles. The summed E-state index contributed by atoms with van der Waals surface area (Å²) < 4.78 is 0. The van der Waals surface area contributed by atoms with Gasteiger partial charge in [0.2, 0.25) is 0 Å². The van der Waals surface area contributed by atoms with E-state index in [-0.39, 0.29) is 5.54 Å². The molecule has 100 valence electrons. The molecular formula is C18H23N. The van der Waals surface area contributed by atoms with Gasteiger partial charge in [-0.05, 0) is 57.7 Å². The average Bonchev–Trinajstić information content (AvgIpc) is 2.73. The lowest BCUT2D eigenvalue weighted by molar-refractivity contribution is 0.584. The minimum Gasteiger partial charge on any atom is -0.284 e. The van der Waals surface area contributed by atoms with Crippen LogP contribution in [0.25, 0.3) is 5.57 Å². The highest BCUT2D eigenvalue weighted by Gasteiger charge is 2.15. The highest BCUT2D eigenvalue weighted by molar-refractivity contribution is 6.03. The van der Waals surface area contributed by atoms with E-state index in [1.54, 1.807) is 0 Å². The first-order valence-corrected chi connectivity index (χ1v) is 6.91. The molecule has 2 rings (SSSR count). The van der Waals surface area contributed by atoms with Crippen LogP contribution in [0.5, 0.6) is 0 Å². The van der Waals surface area contributed by atoms with Crippen LogP contribution in [-0.2, 0) is 0 Å². The van der Waals surface area contributed by atoms with Gasteiger partial charge < -0.3 is 0 Å². The molecule has 1 heteroatoms. The number of rotatable bonds is 2. The molecule has 0 fully saturated rings. The van der Waals surface area contributed by atoms with E-state index < -0.39 is 0 Å². The van der Waals surface area contributed by atoms with Gasteiger partial charge in [0.25, 0.3) is 0 Å². The van der Waals surface area contributed by atoms with E-state index in [2.05, 4.69) is 71.0 Å². The largest absolute Gasteiger partial charge is 0.284 e. The fourth-order valence-corrected chi connectivity index (χ4v) is 2.56. The van der Waals surface area contributed by atoms with Crippen LogP contribution in [0, 0.1) is 0 Å². The van der Waals surface area contributed by atoms with Gasteiger partial charge in [0.15, 0.2) is 0 Å². The molecule has 1 aromatic rings. The normalized spacial score (nSPS) is 16.4. The Bertz CT molecular complexity index is 566. The van der Waals surface area contributed by atoms with Crippen LogP contribution in [-0.4, -0.2) is 11.3 Å². The smallest absolute Gasteiger partial charge is 0.0527 e. The van der Waals surface area contributed by atoms with Gasteiger partial charge in [0.1, 0.15) is 0 Å². The topological polar surface area (TPSA) is 12.4 Å². The Hall–Kier alpha value is -1.63. The summed E-state index contributed by atoms with van der Waals surface area (Å²) in [5.74, 6) is 0. The zero-order chi connectivity index (χ0) is 14.0. The van der Waals surface area contributed by atoms with Crippen LogP contribution in [0.4, 0.5) is 0 Å². The molecule has 0 spiro atoms. The summed E-state index contributed by atoms with van der Waals surface area (Å²) in [6.45, 7) is 10.7. The summed E-state index contributed by atoms with van der Waals surface area (Å²) in [4.78, 5) is 4.81. The molecule has 0 N–H and O–H groups in total. The van der Waals surface area contributed by atoms with E-state index in [1.165, 1.54) is 22.3 Å². The van der Waals surface area contributed by atoms with Crippen molar-refractivity contribution >= 4 is 11.3 Å². The van der Waals surface area contributed by atoms with Crippen LogP contribution >= 0.6 is 0 Å². The molecule has 0 unspecified atom stereocenters. The summed E-state index contributed by atoms with van der Waals surface area (Å²) in [6, 6.07) is 8.60. The van der Waals surface area contributed by atoms with E-state index in [1.807, 2.05) is 0 Å². The Morgan fingerprint density at radius 1 is 1.16 bits per heavy atom. The van der Waals surface area contributed by atoms with Crippen LogP contribution in [0.3, 0.4) is 0 Å². The first-order valence-electron chi connectivity index (χ1n) is 6.91. The Morgan fingerprint density at radius 2 is 1.84 bits per heavy atom. The number of benzene rings is 1. The van der Waals surface area contributed by atoms with Crippen molar-refractivity contribution in [2.24, 2.45) is 4.99 Å². The lowest BCUT2D eigenvalue weighted by Crippen LogP contribution is -2.14. The maximum absolute atomic E-state index is 4.81. The van der Waals surface area contributed by atoms with Gasteiger partial charge in [-0.15, -0.1) is 0 Å². The highest BCUT2D eigenvalue weighted by Crippen LogP contribution is 2.31. The second-order valence-electron chi connectivity index (χ2n) is 6.18. The molecule has 0 bridgehead atoms. The number of hydrogen-bond donors (Lipinski definition) is 0. The van der Waals surface area contributed by atoms with Crippen molar-refractivity contribution < 1.29 is 0 Å². The van der Waals surface area contributed by atoms with Crippen LogP contribution in [0.2, 0.25) is 0 Å². The van der Waals surface area contributed by atoms with E-state index in [0.717, 1.165) is 12.1 Å². The number of hydrogen-bond acceptors (Lipinski definition) is 1. The quantitative estimate of drug-likeness (QED) is 0.656. The highest BCUT2D eigenvalue weighted by atomic mass is 14.8. The van der Waals surface area contributed by atoms with E-state index >= 15 is 0 Å². The summed E-state index contributed by atoms with van der Waals surface area (Å²) in [5.41, 5.74) is 6.48. The first-order chi connectivity index (χ1) is 8.88. The minimum atomic E-state index is -0.0332. The van der Waals surface area contributed by atoms with Gasteiger partial charge in [0, 0.05) is 11.3 Å². The van der Waals surface area contributed by atoms with Crippen molar-refractivity contribution in [3.63, 3.8) is 0 Å². The Balaban J connectivity index is 2.49. The van der Waals surface area contributed by atoms with Gasteiger partial charge in [0.05, 0.1) is 5.54 Å². The maximum atomic E-state index is 4.81. The fraction of sp³-hybridized carbons (Fsp3) is 0.389. The fourth-order valence-electron chi connectivity index (χ4n) is 2.56. The molecule has 0 amide bonds. The summed E-state index contributed by atoms with van der Waals surface area (Å²) in [6.07, 6.45) is 5.48. The zero-order valence-corrected chi connectivity index (χ0v) is 12.6. The molecule has 0 atom stereocenters. The zero-order valence-electron chi connectivity index (χ0n) is 12.6. The van der Waals surface area contributed by atoms with Crippen LogP contribution in [0.15, 0.2) is 47.0 Å². The maximum Gasteiger partial charge on any atom is 0.0527 e. The van der Waals surface area contributed by atoms with Gasteiger partial charge in [-0.25, -0.2) is 0 Å². The van der Waals surface area contributed by atoms with Crippen molar-refractivity contribution in [1.82, 2.24) is 0 Å². The number of aliphatic imine (C=N–C) groups is 1. The van der Waals surface area contributed by atoms with Gasteiger partial charge >= 0.3 is 0 Å². The van der Waals surface area contributed by atoms with E-state index in [0.29, 0.717) is 0 Å². The minimum absolute atomic E-state index is 0.0332. The Kier molecular flexibility index (Phi) is 3.75. The van der Waals surface area contributed by atoms with E-state index in [9.17, 15) is 0 Å². The number of allylic oxidation sites excluding steroid dienone is 4. The predicted molar refractivity (Wildman–Crippen MR) is 84.8 cm³/mol. The molecule has 0 aliphatic heterocycles. The lowest BCUT2D eigenvalue weighted by Gasteiger charge is -2.17. The molecule has 0 heterocycles. The van der Waals surface area contributed by atoms with Crippen molar-refractivity contribution in [2.45, 2.75) is 46.6 Å². The van der Waals surface area contributed by atoms with Gasteiger partial charge in [-0.3, -0.25) is 4.99 Å². The first kappa shape index (κ1) is 13.8. The summed E-state index contributed by atoms with van der Waals surface area (Å²) in [5, 5.41) is 0. The molecule has 0 radical (unpaired) electrons. The van der Waals surface area contributed by atoms with Gasteiger partial charge in [-0.2, -0.15) is 0 Å². The van der Waals surface area contributed by atoms with Crippen LogP contribution < -0.4 is 0 Å². The molecule has 1 aliphatic rings. The third-order valence-corrected chi connectivity index (χ3v) is 3.31. The van der Waals surface area contributed by atoms with Crippen molar-refractivity contribution in [3.05, 3.63) is 53.1 Å².